The average Bonchev–Trinajstić information content (AvgIpc) is 2.00. The molecule has 1 fully saturated rings. The molecule has 1 aliphatic carbocycles. The van der Waals surface area contributed by atoms with Crippen LogP contribution in [0.3, 0.4) is 0 Å². The van der Waals surface area contributed by atoms with E-state index in [1.54, 1.807) is 12.1 Å². The first-order valence-electron chi connectivity index (χ1n) is 4.27. The number of rotatable bonds is 2. The summed E-state index contributed by atoms with van der Waals surface area (Å²) in [6.07, 6.45) is 3.90. The van der Waals surface area contributed by atoms with E-state index in [0.717, 1.165) is 18.6 Å². The molecule has 0 aromatic heterocycles. The van der Waals surface area contributed by atoms with Gasteiger partial charge in [-0.1, -0.05) is 0 Å². The molecule has 2 rings (SSSR count). The minimum absolute atomic E-state index is 0.212. The molecule has 64 valence electrons. The predicted molar refractivity (Wildman–Crippen MR) is 44.7 cm³/mol. The lowest BCUT2D eigenvalue weighted by molar-refractivity contribution is 0.120. The molecule has 0 amide bonds. The van der Waals surface area contributed by atoms with Crippen LogP contribution in [0.25, 0.3) is 0 Å². The van der Waals surface area contributed by atoms with Crippen molar-refractivity contribution in [3.05, 3.63) is 30.1 Å². The third-order valence-corrected chi connectivity index (χ3v) is 2.17. The van der Waals surface area contributed by atoms with Crippen molar-refractivity contribution >= 4 is 0 Å². The van der Waals surface area contributed by atoms with Crippen LogP contribution in [0.1, 0.15) is 19.3 Å². The summed E-state index contributed by atoms with van der Waals surface area (Å²) >= 11 is 0. The number of ether oxygens (including phenoxy) is 1. The third kappa shape index (κ3) is 1.58. The van der Waals surface area contributed by atoms with E-state index in [1.165, 1.54) is 18.6 Å². The summed E-state index contributed by atoms with van der Waals surface area (Å²) in [5.41, 5.74) is 0. The van der Waals surface area contributed by atoms with E-state index in [2.05, 4.69) is 0 Å². The van der Waals surface area contributed by atoms with Gasteiger partial charge in [0, 0.05) is 0 Å². The zero-order chi connectivity index (χ0) is 8.39. The predicted octanol–water partition coefficient (Wildman–Crippen LogP) is 2.76. The van der Waals surface area contributed by atoms with E-state index >= 15 is 0 Å². The number of hydrogen-bond acceptors (Lipinski definition) is 1. The van der Waals surface area contributed by atoms with Gasteiger partial charge in [-0.05, 0) is 43.5 Å². The maximum absolute atomic E-state index is 12.5. The fourth-order valence-electron chi connectivity index (χ4n) is 1.19. The highest BCUT2D eigenvalue weighted by molar-refractivity contribution is 5.22. The molecular formula is C10H11FO. The van der Waals surface area contributed by atoms with Crippen LogP contribution in [0, 0.1) is 5.82 Å². The van der Waals surface area contributed by atoms with Gasteiger partial charge in [0.2, 0.25) is 0 Å². The van der Waals surface area contributed by atoms with Gasteiger partial charge >= 0.3 is 0 Å². The SMILES string of the molecule is Fc1ccc(OC2CCC2)cc1. The summed E-state index contributed by atoms with van der Waals surface area (Å²) in [6.45, 7) is 0. The van der Waals surface area contributed by atoms with Gasteiger partial charge in [-0.2, -0.15) is 0 Å². The van der Waals surface area contributed by atoms with Crippen LogP contribution >= 0.6 is 0 Å². The van der Waals surface area contributed by atoms with Crippen molar-refractivity contribution in [3.8, 4) is 5.75 Å². The van der Waals surface area contributed by atoms with Gasteiger partial charge in [0.05, 0.1) is 6.10 Å². The molecule has 0 heterocycles. The fourth-order valence-corrected chi connectivity index (χ4v) is 1.19. The monoisotopic (exact) mass is 166 g/mol. The molecule has 1 aromatic carbocycles. The van der Waals surface area contributed by atoms with Crippen LogP contribution < -0.4 is 4.74 Å². The molecule has 1 nitrogen and oxygen atoms in total. The van der Waals surface area contributed by atoms with Crippen LogP contribution in [-0.2, 0) is 0 Å². The Labute approximate surface area is 71.2 Å². The quantitative estimate of drug-likeness (QED) is 0.656. The van der Waals surface area contributed by atoms with Gasteiger partial charge in [0.1, 0.15) is 11.6 Å². The fraction of sp³-hybridized carbons (Fsp3) is 0.400. The third-order valence-electron chi connectivity index (χ3n) is 2.17. The summed E-state index contributed by atoms with van der Waals surface area (Å²) in [7, 11) is 0. The molecule has 0 N–H and O–H groups in total. The van der Waals surface area contributed by atoms with Crippen molar-refractivity contribution in [3.63, 3.8) is 0 Å². The lowest BCUT2D eigenvalue weighted by atomic mass is 9.96. The van der Waals surface area contributed by atoms with Crippen molar-refractivity contribution in [2.45, 2.75) is 25.4 Å². The zero-order valence-electron chi connectivity index (χ0n) is 6.79. The first-order valence-corrected chi connectivity index (χ1v) is 4.27. The Balaban J connectivity index is 1.98. The topological polar surface area (TPSA) is 9.23 Å². The number of benzene rings is 1. The summed E-state index contributed by atoms with van der Waals surface area (Å²) < 4.78 is 18.0. The Hall–Kier alpha value is -1.05. The first kappa shape index (κ1) is 7.59. The van der Waals surface area contributed by atoms with Crippen molar-refractivity contribution in [2.24, 2.45) is 0 Å². The Bertz CT molecular complexity index is 251. The number of hydrogen-bond donors (Lipinski definition) is 0. The minimum atomic E-state index is -0.212. The Morgan fingerprint density at radius 3 is 2.33 bits per heavy atom. The molecule has 2 heteroatoms. The highest BCUT2D eigenvalue weighted by atomic mass is 19.1. The lowest BCUT2D eigenvalue weighted by Gasteiger charge is -2.26. The summed E-state index contributed by atoms with van der Waals surface area (Å²) in [6, 6.07) is 6.20. The van der Waals surface area contributed by atoms with E-state index in [-0.39, 0.29) is 5.82 Å². The van der Waals surface area contributed by atoms with Crippen LogP contribution in [-0.4, -0.2) is 6.10 Å². The maximum atomic E-state index is 12.5. The van der Waals surface area contributed by atoms with Crippen LogP contribution in [0.5, 0.6) is 5.75 Å². The molecule has 0 atom stereocenters. The van der Waals surface area contributed by atoms with Crippen LogP contribution in [0.15, 0.2) is 24.3 Å². The summed E-state index contributed by atoms with van der Waals surface area (Å²) in [5.74, 6) is 0.567. The maximum Gasteiger partial charge on any atom is 0.123 e. The summed E-state index contributed by atoms with van der Waals surface area (Å²) in [5, 5.41) is 0. The molecular weight excluding hydrogens is 155 g/mol. The van der Waals surface area contributed by atoms with Gasteiger partial charge in [0.15, 0.2) is 0 Å². The van der Waals surface area contributed by atoms with Crippen molar-refractivity contribution in [2.75, 3.05) is 0 Å². The molecule has 0 radical (unpaired) electrons. The molecule has 0 saturated heterocycles. The lowest BCUT2D eigenvalue weighted by Crippen LogP contribution is -2.24. The van der Waals surface area contributed by atoms with Crippen molar-refractivity contribution < 1.29 is 9.13 Å². The van der Waals surface area contributed by atoms with Gasteiger partial charge in [-0.25, -0.2) is 4.39 Å². The van der Waals surface area contributed by atoms with E-state index in [1.807, 2.05) is 0 Å². The average molecular weight is 166 g/mol. The molecule has 1 aromatic rings. The number of halogens is 1. The molecule has 0 unspecified atom stereocenters. The minimum Gasteiger partial charge on any atom is -0.490 e. The highest BCUT2D eigenvalue weighted by Crippen LogP contribution is 2.24. The molecule has 1 saturated carbocycles. The second kappa shape index (κ2) is 3.13. The van der Waals surface area contributed by atoms with E-state index in [9.17, 15) is 4.39 Å². The van der Waals surface area contributed by atoms with Gasteiger partial charge in [-0.3, -0.25) is 0 Å². The molecule has 0 aliphatic heterocycles. The van der Waals surface area contributed by atoms with Gasteiger partial charge < -0.3 is 4.74 Å². The van der Waals surface area contributed by atoms with Crippen molar-refractivity contribution in [1.82, 2.24) is 0 Å². The summed E-state index contributed by atoms with van der Waals surface area (Å²) in [4.78, 5) is 0. The second-order valence-corrected chi connectivity index (χ2v) is 3.12. The standard InChI is InChI=1S/C10H11FO/c11-8-4-6-10(7-5-8)12-9-2-1-3-9/h4-7,9H,1-3H2. The van der Waals surface area contributed by atoms with E-state index in [0.29, 0.717) is 6.10 Å². The zero-order valence-corrected chi connectivity index (χ0v) is 6.79. The van der Waals surface area contributed by atoms with E-state index in [4.69, 9.17) is 4.74 Å². The second-order valence-electron chi connectivity index (χ2n) is 3.12. The van der Waals surface area contributed by atoms with Gasteiger partial charge in [-0.15, -0.1) is 0 Å². The van der Waals surface area contributed by atoms with E-state index < -0.39 is 0 Å². The molecule has 12 heavy (non-hydrogen) atoms. The highest BCUT2D eigenvalue weighted by Gasteiger charge is 2.18. The van der Waals surface area contributed by atoms with Crippen LogP contribution in [0.4, 0.5) is 4.39 Å². The normalized spacial score (nSPS) is 17.1. The molecule has 1 aliphatic rings. The molecule has 0 bridgehead atoms. The Morgan fingerprint density at radius 2 is 1.83 bits per heavy atom. The van der Waals surface area contributed by atoms with Gasteiger partial charge in [0.25, 0.3) is 0 Å². The van der Waals surface area contributed by atoms with Crippen LogP contribution in [0.2, 0.25) is 0 Å². The Kier molecular flexibility index (Phi) is 1.98. The molecule has 0 spiro atoms. The van der Waals surface area contributed by atoms with Crippen molar-refractivity contribution in [1.29, 1.82) is 0 Å². The first-order chi connectivity index (χ1) is 5.84. The largest absolute Gasteiger partial charge is 0.490 e. The smallest absolute Gasteiger partial charge is 0.123 e. The Morgan fingerprint density at radius 1 is 1.17 bits per heavy atom.